The lowest BCUT2D eigenvalue weighted by Crippen LogP contribution is -2.41. The van der Waals surface area contributed by atoms with Gasteiger partial charge in [0, 0.05) is 28.9 Å². The lowest BCUT2D eigenvalue weighted by Gasteiger charge is -2.28. The molecule has 4 N–H and O–H groups in total. The minimum atomic E-state index is -0.896. The van der Waals surface area contributed by atoms with E-state index in [2.05, 4.69) is 0 Å². The summed E-state index contributed by atoms with van der Waals surface area (Å²) in [5.41, 5.74) is 4.71. The number of amides is 1. The van der Waals surface area contributed by atoms with Crippen LogP contribution in [0.15, 0.2) is 30.3 Å². The number of esters is 1. The zero-order chi connectivity index (χ0) is 23.6. The highest BCUT2D eigenvalue weighted by atomic mass is 35.5. The Kier molecular flexibility index (Phi) is 8.20. The van der Waals surface area contributed by atoms with Crippen LogP contribution in [0.1, 0.15) is 40.4 Å². The molecule has 0 unspecified atom stereocenters. The highest BCUT2D eigenvalue weighted by Crippen LogP contribution is 2.31. The molecule has 0 radical (unpaired) electrons. The highest BCUT2D eigenvalue weighted by molar-refractivity contribution is 7.14. The van der Waals surface area contributed by atoms with Crippen LogP contribution in [-0.2, 0) is 16.0 Å². The second-order valence-corrected chi connectivity index (χ2v) is 9.52. The average molecular weight is 498 g/mol. The van der Waals surface area contributed by atoms with E-state index in [0.29, 0.717) is 19.4 Å². The average Bonchev–Trinajstić information content (AvgIpc) is 3.38. The van der Waals surface area contributed by atoms with Crippen LogP contribution in [0.4, 0.5) is 4.39 Å². The molecule has 1 aromatic carbocycles. The first-order valence-corrected chi connectivity index (χ1v) is 10.8. The van der Waals surface area contributed by atoms with Crippen LogP contribution < -0.4 is 10.5 Å². The summed E-state index contributed by atoms with van der Waals surface area (Å²) in [5, 5.41) is 16.5. The van der Waals surface area contributed by atoms with Gasteiger partial charge in [-0.15, -0.1) is 23.7 Å². The number of ether oxygens (including phenoxy) is 1. The Morgan fingerprint density at radius 2 is 2.00 bits per heavy atom. The number of hydrogen-bond acceptors (Lipinski definition) is 6. The first-order chi connectivity index (χ1) is 15.0. The van der Waals surface area contributed by atoms with Gasteiger partial charge in [0.2, 0.25) is 5.91 Å². The van der Waals surface area contributed by atoms with Crippen LogP contribution in [0.5, 0.6) is 5.75 Å². The van der Waals surface area contributed by atoms with Crippen molar-refractivity contribution in [3.05, 3.63) is 51.5 Å². The number of rotatable bonds is 7. The Morgan fingerprint density at radius 3 is 2.58 bits per heavy atom. The van der Waals surface area contributed by atoms with Gasteiger partial charge in [-0.1, -0.05) is 13.8 Å². The van der Waals surface area contributed by atoms with Crippen molar-refractivity contribution in [3.63, 3.8) is 0 Å². The van der Waals surface area contributed by atoms with Gasteiger partial charge in [-0.3, -0.25) is 15.0 Å². The highest BCUT2D eigenvalue weighted by Gasteiger charge is 2.38. The predicted molar refractivity (Wildman–Crippen MR) is 124 cm³/mol. The molecule has 0 bridgehead atoms. The van der Waals surface area contributed by atoms with Gasteiger partial charge in [-0.25, -0.2) is 9.18 Å². The first-order valence-electron chi connectivity index (χ1n) is 9.95. The summed E-state index contributed by atoms with van der Waals surface area (Å²) < 4.78 is 19.3. The van der Waals surface area contributed by atoms with E-state index < -0.39 is 29.1 Å². The Hall–Kier alpha value is -2.98. The number of nitrogens with zero attached hydrogens (tertiary/aromatic N) is 1. The fraction of sp³-hybridized carbons (Fsp3) is 0.364. The molecule has 0 spiro atoms. The van der Waals surface area contributed by atoms with E-state index in [0.717, 1.165) is 22.3 Å². The number of benzene rings is 1. The van der Waals surface area contributed by atoms with E-state index in [1.807, 2.05) is 0 Å². The summed E-state index contributed by atoms with van der Waals surface area (Å²) in [6.07, 6.45) is 0.801. The number of carboxylic acids is 1. The second-order valence-electron chi connectivity index (χ2n) is 8.35. The standard InChI is InChI=1S/C22H24FN3O5S.ClH/c1-22(2,21(30)26-8-7-13(11-26)19(27)28)10-14-4-6-17(32-14)20(29)31-16-5-3-12(18(24)25)9-15(16)23;/h3-6,9,13H,7-8,10-11H2,1-2H3,(H3,24,25)(H,27,28);1H/t13-;/m1./s1. The normalized spacial score (nSPS) is 15.6. The molecule has 1 atom stereocenters. The molecule has 11 heteroatoms. The number of hydrogen-bond donors (Lipinski definition) is 3. The van der Waals surface area contributed by atoms with Gasteiger partial charge in [-0.05, 0) is 43.2 Å². The Morgan fingerprint density at radius 1 is 1.30 bits per heavy atom. The van der Waals surface area contributed by atoms with Crippen molar-refractivity contribution >= 4 is 47.4 Å². The van der Waals surface area contributed by atoms with Gasteiger partial charge >= 0.3 is 11.9 Å². The maximum atomic E-state index is 14.1. The van der Waals surface area contributed by atoms with Gasteiger partial charge in [0.25, 0.3) is 0 Å². The van der Waals surface area contributed by atoms with Gasteiger partial charge in [0.05, 0.1) is 5.92 Å². The van der Waals surface area contributed by atoms with E-state index in [-0.39, 0.29) is 46.9 Å². The van der Waals surface area contributed by atoms with Crippen LogP contribution >= 0.6 is 23.7 Å². The summed E-state index contributed by atoms with van der Waals surface area (Å²) >= 11 is 1.15. The summed E-state index contributed by atoms with van der Waals surface area (Å²) in [6, 6.07) is 6.92. The fourth-order valence-electron chi connectivity index (χ4n) is 3.57. The second kappa shape index (κ2) is 10.3. The Bertz CT molecular complexity index is 1090. The van der Waals surface area contributed by atoms with Crippen LogP contribution in [0.3, 0.4) is 0 Å². The number of likely N-dealkylation sites (tertiary alicyclic amines) is 1. The number of carbonyl (C=O) groups is 3. The zero-order valence-corrected chi connectivity index (χ0v) is 19.7. The molecule has 33 heavy (non-hydrogen) atoms. The number of aliphatic carboxylic acids is 1. The molecule has 1 fully saturated rings. The van der Waals surface area contributed by atoms with Crippen molar-refractivity contribution in [3.8, 4) is 5.75 Å². The molecule has 0 aliphatic carbocycles. The lowest BCUT2D eigenvalue weighted by atomic mass is 9.87. The molecular formula is C22H25ClFN3O5S. The molecule has 1 amide bonds. The summed E-state index contributed by atoms with van der Waals surface area (Å²) in [5.74, 6) is -3.67. The lowest BCUT2D eigenvalue weighted by molar-refractivity contribution is -0.142. The van der Waals surface area contributed by atoms with E-state index in [1.165, 1.54) is 12.1 Å². The summed E-state index contributed by atoms with van der Waals surface area (Å²) in [7, 11) is 0. The molecule has 1 saturated heterocycles. The maximum absolute atomic E-state index is 14.1. The minimum absolute atomic E-state index is 0. The molecule has 2 heterocycles. The molecule has 1 aliphatic rings. The number of nitrogen functional groups attached to an aromatic ring is 1. The third kappa shape index (κ3) is 6.08. The van der Waals surface area contributed by atoms with E-state index in [4.69, 9.17) is 21.0 Å². The molecule has 0 saturated carbocycles. The summed E-state index contributed by atoms with van der Waals surface area (Å²) in [4.78, 5) is 39.1. The number of carboxylic acid groups (broad SMARTS) is 1. The van der Waals surface area contributed by atoms with Crippen LogP contribution in [0.2, 0.25) is 0 Å². The fourth-order valence-corrected chi connectivity index (χ4v) is 4.68. The topological polar surface area (TPSA) is 134 Å². The molecular weight excluding hydrogens is 473 g/mol. The van der Waals surface area contributed by atoms with Gasteiger partial charge in [-0.2, -0.15) is 0 Å². The number of nitrogens with two attached hydrogens (primary N) is 1. The molecule has 178 valence electrons. The summed E-state index contributed by atoms with van der Waals surface area (Å²) in [6.45, 7) is 4.18. The number of nitrogens with one attached hydrogen (secondary N) is 1. The number of carbonyl (C=O) groups excluding carboxylic acids is 2. The Balaban J connectivity index is 0.00000385. The van der Waals surface area contributed by atoms with Crippen molar-refractivity contribution in [1.82, 2.24) is 4.90 Å². The number of thiophene rings is 1. The predicted octanol–water partition coefficient (Wildman–Crippen LogP) is 3.31. The van der Waals surface area contributed by atoms with E-state index in [9.17, 15) is 18.8 Å². The quantitative estimate of drug-likeness (QED) is 0.232. The van der Waals surface area contributed by atoms with E-state index in [1.54, 1.807) is 30.9 Å². The van der Waals surface area contributed by atoms with Crippen molar-refractivity contribution in [1.29, 1.82) is 5.41 Å². The van der Waals surface area contributed by atoms with Crippen LogP contribution in [0, 0.1) is 22.6 Å². The molecule has 1 aliphatic heterocycles. The third-order valence-electron chi connectivity index (χ3n) is 5.33. The van der Waals surface area contributed by atoms with E-state index >= 15 is 0 Å². The van der Waals surface area contributed by atoms with Crippen LogP contribution in [-0.4, -0.2) is 46.8 Å². The third-order valence-corrected chi connectivity index (χ3v) is 6.39. The van der Waals surface area contributed by atoms with Gasteiger partial charge in [0.1, 0.15) is 10.7 Å². The zero-order valence-electron chi connectivity index (χ0n) is 18.1. The van der Waals surface area contributed by atoms with Crippen molar-refractivity contribution in [2.24, 2.45) is 17.1 Å². The minimum Gasteiger partial charge on any atom is -0.481 e. The molecule has 1 aromatic heterocycles. The van der Waals surface area contributed by atoms with Gasteiger partial charge in [0.15, 0.2) is 11.6 Å². The first kappa shape index (κ1) is 26.3. The maximum Gasteiger partial charge on any atom is 0.353 e. The SMILES string of the molecule is CC(C)(Cc1ccc(C(=O)Oc2ccc(C(=N)N)cc2F)s1)C(=O)N1CC[C@@H](C(=O)O)C1.Cl. The van der Waals surface area contributed by atoms with Crippen molar-refractivity contribution in [2.45, 2.75) is 26.7 Å². The monoisotopic (exact) mass is 497 g/mol. The van der Waals surface area contributed by atoms with Crippen molar-refractivity contribution in [2.75, 3.05) is 13.1 Å². The largest absolute Gasteiger partial charge is 0.481 e. The Labute approximate surface area is 200 Å². The molecule has 2 aromatic rings. The molecule has 3 rings (SSSR count). The van der Waals surface area contributed by atoms with Crippen LogP contribution in [0.25, 0.3) is 0 Å². The number of halogens is 2. The smallest absolute Gasteiger partial charge is 0.353 e. The van der Waals surface area contributed by atoms with Crippen molar-refractivity contribution < 1.29 is 28.6 Å². The number of amidine groups is 1. The molecule has 8 nitrogen and oxygen atoms in total. The van der Waals surface area contributed by atoms with Gasteiger partial charge < -0.3 is 20.5 Å².